The van der Waals surface area contributed by atoms with E-state index in [0.29, 0.717) is 22.1 Å². The normalized spacial score (nSPS) is 9.69. The summed E-state index contributed by atoms with van der Waals surface area (Å²) in [4.78, 5) is 22.5. The van der Waals surface area contributed by atoms with Gasteiger partial charge < -0.3 is 10.1 Å². The third-order valence-electron chi connectivity index (χ3n) is 1.92. The highest BCUT2D eigenvalue weighted by Crippen LogP contribution is 2.20. The van der Waals surface area contributed by atoms with Crippen LogP contribution >= 0.6 is 15.9 Å². The van der Waals surface area contributed by atoms with Gasteiger partial charge in [0.2, 0.25) is 5.91 Å². The fourth-order valence-corrected chi connectivity index (χ4v) is 1.64. The Balaban J connectivity index is 2.98. The number of anilines is 1. The van der Waals surface area contributed by atoms with E-state index >= 15 is 0 Å². The molecule has 1 N–H and O–H groups in total. The van der Waals surface area contributed by atoms with Crippen molar-refractivity contribution in [3.05, 3.63) is 28.2 Å². The van der Waals surface area contributed by atoms with E-state index in [-0.39, 0.29) is 5.91 Å². The van der Waals surface area contributed by atoms with Crippen LogP contribution in [-0.4, -0.2) is 19.0 Å². The summed E-state index contributed by atoms with van der Waals surface area (Å²) in [6, 6.07) is 4.93. The number of methoxy groups -OCH3 is 1. The summed E-state index contributed by atoms with van der Waals surface area (Å²) in [5.41, 5.74) is 0.963. The molecule has 0 bridgehead atoms. The summed E-state index contributed by atoms with van der Waals surface area (Å²) in [5.74, 6) is -0.540. The Kier molecular flexibility index (Phi) is 4.49. The van der Waals surface area contributed by atoms with Gasteiger partial charge in [-0.15, -0.1) is 0 Å². The van der Waals surface area contributed by atoms with E-state index in [1.807, 2.05) is 0 Å². The van der Waals surface area contributed by atoms with Crippen LogP contribution in [0.3, 0.4) is 0 Å². The van der Waals surface area contributed by atoms with Crippen molar-refractivity contribution in [3.63, 3.8) is 0 Å². The number of nitrogens with one attached hydrogen (secondary N) is 1. The zero-order valence-electron chi connectivity index (χ0n) is 9.04. The predicted octanol–water partition coefficient (Wildman–Crippen LogP) is 2.58. The van der Waals surface area contributed by atoms with Gasteiger partial charge in [-0.3, -0.25) is 4.79 Å². The summed E-state index contributed by atoms with van der Waals surface area (Å²) < 4.78 is 5.32. The summed E-state index contributed by atoms with van der Waals surface area (Å²) in [5, 5.41) is 2.68. The van der Waals surface area contributed by atoms with E-state index in [2.05, 4.69) is 26.0 Å². The molecule has 0 aliphatic carbocycles. The maximum absolute atomic E-state index is 11.3. The Hall–Kier alpha value is -1.36. The van der Waals surface area contributed by atoms with Gasteiger partial charge in [0.15, 0.2) is 0 Å². The molecule has 0 radical (unpaired) electrons. The molecule has 4 nitrogen and oxygen atoms in total. The molecular formula is C11H12BrNO3. The lowest BCUT2D eigenvalue weighted by molar-refractivity contribution is -0.115. The fourth-order valence-electron chi connectivity index (χ4n) is 1.15. The Bertz CT molecular complexity index is 418. The number of ether oxygens (including phenoxy) is 1. The molecule has 0 fully saturated rings. The average molecular weight is 286 g/mol. The van der Waals surface area contributed by atoms with Crippen molar-refractivity contribution in [1.29, 1.82) is 0 Å². The fraction of sp³-hybridized carbons (Fsp3) is 0.273. The number of carbonyl (C=O) groups excluding carboxylic acids is 2. The van der Waals surface area contributed by atoms with Gasteiger partial charge in [-0.2, -0.15) is 0 Å². The van der Waals surface area contributed by atoms with Crippen LogP contribution in [0, 0.1) is 0 Å². The van der Waals surface area contributed by atoms with Crippen molar-refractivity contribution >= 4 is 33.5 Å². The summed E-state index contributed by atoms with van der Waals surface area (Å²) in [6.07, 6.45) is 0.389. The zero-order chi connectivity index (χ0) is 12.1. The molecule has 0 spiro atoms. The van der Waals surface area contributed by atoms with Crippen LogP contribution in [-0.2, 0) is 9.53 Å². The van der Waals surface area contributed by atoms with Gasteiger partial charge in [0, 0.05) is 16.6 Å². The monoisotopic (exact) mass is 285 g/mol. The second-order valence-corrected chi connectivity index (χ2v) is 4.04. The zero-order valence-corrected chi connectivity index (χ0v) is 10.6. The number of benzene rings is 1. The van der Waals surface area contributed by atoms with Gasteiger partial charge in [-0.1, -0.05) is 22.9 Å². The van der Waals surface area contributed by atoms with Crippen molar-refractivity contribution < 1.29 is 14.3 Å². The Labute approximate surface area is 102 Å². The second-order valence-electron chi connectivity index (χ2n) is 3.12. The molecule has 0 aliphatic heterocycles. The third kappa shape index (κ3) is 3.34. The van der Waals surface area contributed by atoms with Gasteiger partial charge in [-0.25, -0.2) is 4.79 Å². The standard InChI is InChI=1S/C11H12BrNO3/c1-3-10(14)13-9-5-7(11(15)16-2)4-8(12)6-9/h4-6H,3H2,1-2H3,(H,13,14). The molecule has 16 heavy (non-hydrogen) atoms. The van der Waals surface area contributed by atoms with Crippen molar-refractivity contribution in [2.45, 2.75) is 13.3 Å². The first-order valence-corrected chi connectivity index (χ1v) is 5.55. The van der Waals surface area contributed by atoms with Crippen molar-refractivity contribution in [3.8, 4) is 0 Å². The summed E-state index contributed by atoms with van der Waals surface area (Å²) >= 11 is 3.26. The largest absolute Gasteiger partial charge is 0.465 e. The van der Waals surface area contributed by atoms with Crippen LogP contribution in [0.2, 0.25) is 0 Å². The van der Waals surface area contributed by atoms with E-state index in [0.717, 1.165) is 0 Å². The van der Waals surface area contributed by atoms with E-state index in [1.165, 1.54) is 7.11 Å². The summed E-state index contributed by atoms with van der Waals surface area (Å²) in [7, 11) is 1.31. The maximum atomic E-state index is 11.3. The maximum Gasteiger partial charge on any atom is 0.337 e. The van der Waals surface area contributed by atoms with Gasteiger partial charge in [-0.05, 0) is 18.2 Å². The van der Waals surface area contributed by atoms with Crippen molar-refractivity contribution in [1.82, 2.24) is 0 Å². The van der Waals surface area contributed by atoms with Crippen molar-refractivity contribution in [2.75, 3.05) is 12.4 Å². The first-order chi connectivity index (χ1) is 7.56. The molecule has 86 valence electrons. The first kappa shape index (κ1) is 12.7. The lowest BCUT2D eigenvalue weighted by Crippen LogP contribution is -2.10. The number of halogens is 1. The molecule has 0 heterocycles. The molecule has 1 aromatic rings. The molecule has 0 atom stereocenters. The van der Waals surface area contributed by atoms with Crippen LogP contribution in [0.25, 0.3) is 0 Å². The molecule has 0 saturated carbocycles. The van der Waals surface area contributed by atoms with Crippen LogP contribution in [0.1, 0.15) is 23.7 Å². The number of amides is 1. The molecule has 0 aliphatic rings. The smallest absolute Gasteiger partial charge is 0.337 e. The first-order valence-electron chi connectivity index (χ1n) is 4.75. The lowest BCUT2D eigenvalue weighted by atomic mass is 10.2. The molecule has 1 rings (SSSR count). The van der Waals surface area contributed by atoms with Gasteiger partial charge in [0.05, 0.1) is 12.7 Å². The van der Waals surface area contributed by atoms with Gasteiger partial charge in [0.1, 0.15) is 0 Å². The number of carbonyl (C=O) groups is 2. The molecule has 5 heteroatoms. The SMILES string of the molecule is CCC(=O)Nc1cc(Br)cc(C(=O)OC)c1. The molecule has 0 aromatic heterocycles. The van der Waals surface area contributed by atoms with Crippen molar-refractivity contribution in [2.24, 2.45) is 0 Å². The Morgan fingerprint density at radius 2 is 2.06 bits per heavy atom. The van der Waals surface area contributed by atoms with Gasteiger partial charge in [0.25, 0.3) is 0 Å². The molecule has 0 unspecified atom stereocenters. The average Bonchev–Trinajstić information content (AvgIpc) is 2.27. The minimum absolute atomic E-state index is 0.103. The Morgan fingerprint density at radius 3 is 2.62 bits per heavy atom. The third-order valence-corrected chi connectivity index (χ3v) is 2.38. The van der Waals surface area contributed by atoms with Crippen LogP contribution in [0.5, 0.6) is 0 Å². The Morgan fingerprint density at radius 1 is 1.38 bits per heavy atom. The molecule has 1 aromatic carbocycles. The van der Waals surface area contributed by atoms with Crippen LogP contribution in [0.4, 0.5) is 5.69 Å². The number of hydrogen-bond acceptors (Lipinski definition) is 3. The number of rotatable bonds is 3. The van der Waals surface area contributed by atoms with E-state index in [4.69, 9.17) is 0 Å². The minimum Gasteiger partial charge on any atom is -0.465 e. The predicted molar refractivity (Wildman–Crippen MR) is 64.4 cm³/mol. The van der Waals surface area contributed by atoms with E-state index in [1.54, 1.807) is 25.1 Å². The minimum atomic E-state index is -0.437. The van der Waals surface area contributed by atoms with E-state index < -0.39 is 5.97 Å². The highest BCUT2D eigenvalue weighted by Gasteiger charge is 2.09. The topological polar surface area (TPSA) is 55.4 Å². The summed E-state index contributed by atoms with van der Waals surface area (Å²) in [6.45, 7) is 1.76. The molecule has 0 saturated heterocycles. The molecular weight excluding hydrogens is 274 g/mol. The van der Waals surface area contributed by atoms with E-state index in [9.17, 15) is 9.59 Å². The molecule has 1 amide bonds. The van der Waals surface area contributed by atoms with Crippen LogP contribution in [0.15, 0.2) is 22.7 Å². The quantitative estimate of drug-likeness (QED) is 0.869. The lowest BCUT2D eigenvalue weighted by Gasteiger charge is -2.06. The van der Waals surface area contributed by atoms with Crippen LogP contribution < -0.4 is 5.32 Å². The van der Waals surface area contributed by atoms with Gasteiger partial charge >= 0.3 is 5.97 Å². The second kappa shape index (κ2) is 5.65. The highest BCUT2D eigenvalue weighted by molar-refractivity contribution is 9.10. The highest BCUT2D eigenvalue weighted by atomic mass is 79.9. The number of hydrogen-bond donors (Lipinski definition) is 1. The number of esters is 1.